The topological polar surface area (TPSA) is 86.7 Å². The number of carbonyl (C=O) groups is 1. The molecule has 30 heavy (non-hydrogen) atoms. The molecule has 1 saturated carbocycles. The van der Waals surface area contributed by atoms with Crippen molar-refractivity contribution in [3.63, 3.8) is 0 Å². The number of fused-ring (bicyclic) bond motifs is 1. The number of Topliss-reactive ketones (excluding diaryl/α,β-unsaturated/α-hetero) is 1. The van der Waals surface area contributed by atoms with Crippen LogP contribution < -0.4 is 4.72 Å². The molecule has 2 aliphatic rings. The van der Waals surface area contributed by atoms with E-state index in [0.29, 0.717) is 36.1 Å². The van der Waals surface area contributed by atoms with E-state index >= 15 is 0 Å². The molecule has 2 unspecified atom stereocenters. The van der Waals surface area contributed by atoms with E-state index in [0.717, 1.165) is 32.2 Å². The number of anilines is 1. The molecule has 2 N–H and O–H groups in total. The van der Waals surface area contributed by atoms with Crippen molar-refractivity contribution < 1.29 is 18.3 Å². The normalized spacial score (nSPS) is 26.5. The molecule has 2 atom stereocenters. The third-order valence-corrected chi connectivity index (χ3v) is 6.80. The average Bonchev–Trinajstić information content (AvgIpc) is 3.15. The Morgan fingerprint density at radius 3 is 2.23 bits per heavy atom. The van der Waals surface area contributed by atoms with Crippen LogP contribution in [0.3, 0.4) is 0 Å². The Morgan fingerprint density at radius 2 is 1.67 bits per heavy atom. The maximum atomic E-state index is 12.7. The van der Waals surface area contributed by atoms with Crippen LogP contribution in [-0.2, 0) is 16.4 Å². The number of likely N-dealkylation sites (tertiary alicyclic amines) is 1. The summed E-state index contributed by atoms with van der Waals surface area (Å²) in [6.45, 7) is 2.02. The van der Waals surface area contributed by atoms with E-state index in [-0.39, 0.29) is 5.78 Å². The predicted molar refractivity (Wildman–Crippen MR) is 117 cm³/mol. The highest BCUT2D eigenvalue weighted by molar-refractivity contribution is 7.92. The third-order valence-electron chi connectivity index (χ3n) is 6.19. The van der Waals surface area contributed by atoms with Gasteiger partial charge in [0.25, 0.3) is 0 Å². The van der Waals surface area contributed by atoms with Crippen LogP contribution in [0.1, 0.15) is 28.8 Å². The van der Waals surface area contributed by atoms with Crippen LogP contribution in [0, 0.1) is 11.8 Å². The monoisotopic (exact) mass is 428 g/mol. The van der Waals surface area contributed by atoms with Crippen LogP contribution in [0.25, 0.3) is 0 Å². The van der Waals surface area contributed by atoms with Gasteiger partial charge in [0.1, 0.15) is 0 Å². The van der Waals surface area contributed by atoms with Gasteiger partial charge in [-0.15, -0.1) is 0 Å². The number of rotatable bonds is 7. The largest absolute Gasteiger partial charge is 0.390 e. The summed E-state index contributed by atoms with van der Waals surface area (Å²) in [5.74, 6) is 0.876. The van der Waals surface area contributed by atoms with Gasteiger partial charge < -0.3 is 5.11 Å². The standard InChI is InChI=1S/C23H28N2O4S/c1-30(28,29)24-21-9-7-18(8-10-21)22(26)16-25-14-19-12-23(27,13-20(19)15-25)11-17-5-3-2-4-6-17/h2-10,19-20,24,27H,11-16H2,1H3. The molecular formula is C23H28N2O4S. The number of benzene rings is 2. The van der Waals surface area contributed by atoms with E-state index in [1.54, 1.807) is 24.3 Å². The summed E-state index contributed by atoms with van der Waals surface area (Å²) >= 11 is 0. The van der Waals surface area contributed by atoms with Crippen LogP contribution in [-0.4, -0.2) is 55.7 Å². The number of sulfonamides is 1. The van der Waals surface area contributed by atoms with E-state index in [1.165, 1.54) is 5.56 Å². The SMILES string of the molecule is CS(=O)(=O)Nc1ccc(C(=O)CN2CC3CC(O)(Cc4ccccc4)CC3C2)cc1. The van der Waals surface area contributed by atoms with E-state index in [4.69, 9.17) is 0 Å². The number of carbonyl (C=O) groups excluding carboxylic acids is 1. The van der Waals surface area contributed by atoms with E-state index in [9.17, 15) is 18.3 Å². The predicted octanol–water partition coefficient (Wildman–Crippen LogP) is 2.56. The number of hydrogen-bond donors (Lipinski definition) is 2. The zero-order valence-corrected chi connectivity index (χ0v) is 17.9. The maximum absolute atomic E-state index is 12.7. The van der Waals surface area contributed by atoms with Crippen molar-refractivity contribution in [3.05, 3.63) is 65.7 Å². The Morgan fingerprint density at radius 1 is 1.07 bits per heavy atom. The van der Waals surface area contributed by atoms with Gasteiger partial charge in [-0.2, -0.15) is 0 Å². The summed E-state index contributed by atoms with van der Waals surface area (Å²) in [6.07, 6.45) is 3.34. The summed E-state index contributed by atoms with van der Waals surface area (Å²) in [5.41, 5.74) is 1.55. The van der Waals surface area contributed by atoms with Crippen LogP contribution in [0.5, 0.6) is 0 Å². The van der Waals surface area contributed by atoms with Crippen molar-refractivity contribution in [3.8, 4) is 0 Å². The fourth-order valence-electron chi connectivity index (χ4n) is 5.04. The van der Waals surface area contributed by atoms with Crippen LogP contribution in [0.2, 0.25) is 0 Å². The number of aliphatic hydroxyl groups is 1. The van der Waals surface area contributed by atoms with Crippen LogP contribution in [0.4, 0.5) is 5.69 Å². The molecule has 4 rings (SSSR count). The number of nitrogens with one attached hydrogen (secondary N) is 1. The van der Waals surface area contributed by atoms with Gasteiger partial charge in [0.05, 0.1) is 18.4 Å². The second-order valence-corrected chi connectivity index (χ2v) is 10.6. The second-order valence-electron chi connectivity index (χ2n) is 8.88. The molecule has 2 aromatic carbocycles. The van der Waals surface area contributed by atoms with Crippen LogP contribution >= 0.6 is 0 Å². The first-order valence-corrected chi connectivity index (χ1v) is 12.2. The zero-order chi connectivity index (χ0) is 21.4. The minimum absolute atomic E-state index is 0.0282. The first-order chi connectivity index (χ1) is 14.2. The minimum atomic E-state index is -3.33. The van der Waals surface area contributed by atoms with Gasteiger partial charge >= 0.3 is 0 Å². The quantitative estimate of drug-likeness (QED) is 0.662. The first-order valence-electron chi connectivity index (χ1n) is 10.3. The molecule has 0 spiro atoms. The zero-order valence-electron chi connectivity index (χ0n) is 17.1. The molecule has 0 radical (unpaired) electrons. The lowest BCUT2D eigenvalue weighted by molar-refractivity contribution is 0.0355. The van der Waals surface area contributed by atoms with Gasteiger partial charge in [0, 0.05) is 30.8 Å². The fraction of sp³-hybridized carbons (Fsp3) is 0.435. The summed E-state index contributed by atoms with van der Waals surface area (Å²) in [5, 5.41) is 11.1. The van der Waals surface area contributed by atoms with E-state index in [2.05, 4.69) is 21.8 Å². The lowest BCUT2D eigenvalue weighted by atomic mass is 9.91. The lowest BCUT2D eigenvalue weighted by Crippen LogP contribution is -2.34. The highest BCUT2D eigenvalue weighted by Crippen LogP contribution is 2.45. The molecule has 0 amide bonds. The van der Waals surface area contributed by atoms with Gasteiger partial charge in [-0.1, -0.05) is 30.3 Å². The Kier molecular flexibility index (Phi) is 5.70. The molecule has 0 aromatic heterocycles. The Hall–Kier alpha value is -2.22. The van der Waals surface area contributed by atoms with Crippen molar-refractivity contribution in [2.75, 3.05) is 30.6 Å². The summed E-state index contributed by atoms with van der Waals surface area (Å²) in [7, 11) is -3.33. The number of ketones is 1. The van der Waals surface area contributed by atoms with Gasteiger partial charge in [0.2, 0.25) is 10.0 Å². The average molecular weight is 429 g/mol. The van der Waals surface area contributed by atoms with Crippen LogP contribution in [0.15, 0.2) is 54.6 Å². The van der Waals surface area contributed by atoms with Crippen molar-refractivity contribution in [2.45, 2.75) is 24.9 Å². The first kappa shape index (κ1) is 21.0. The van der Waals surface area contributed by atoms with Gasteiger partial charge in [-0.25, -0.2) is 8.42 Å². The Bertz CT molecular complexity index is 991. The molecule has 7 heteroatoms. The van der Waals surface area contributed by atoms with Gasteiger partial charge in [-0.05, 0) is 54.5 Å². The molecule has 1 saturated heterocycles. The number of nitrogens with zero attached hydrogens (tertiary/aromatic N) is 1. The van der Waals surface area contributed by atoms with E-state index < -0.39 is 15.6 Å². The van der Waals surface area contributed by atoms with E-state index in [1.807, 2.05) is 18.2 Å². The Labute approximate surface area is 178 Å². The smallest absolute Gasteiger partial charge is 0.229 e. The summed E-state index contributed by atoms with van der Waals surface area (Å²) in [4.78, 5) is 14.8. The highest BCUT2D eigenvalue weighted by Gasteiger charge is 2.48. The van der Waals surface area contributed by atoms with Crippen molar-refractivity contribution in [1.29, 1.82) is 0 Å². The molecule has 160 valence electrons. The summed E-state index contributed by atoms with van der Waals surface area (Å²) < 4.78 is 25.0. The molecule has 1 aliphatic heterocycles. The molecule has 2 aromatic rings. The van der Waals surface area contributed by atoms with Crippen molar-refractivity contribution >= 4 is 21.5 Å². The lowest BCUT2D eigenvalue weighted by Gasteiger charge is -2.26. The van der Waals surface area contributed by atoms with Crippen molar-refractivity contribution in [2.24, 2.45) is 11.8 Å². The summed E-state index contributed by atoms with van der Waals surface area (Å²) in [6, 6.07) is 16.7. The molecule has 1 aliphatic carbocycles. The maximum Gasteiger partial charge on any atom is 0.229 e. The highest BCUT2D eigenvalue weighted by atomic mass is 32.2. The Balaban J connectivity index is 1.30. The fourth-order valence-corrected chi connectivity index (χ4v) is 5.60. The molecule has 1 heterocycles. The minimum Gasteiger partial charge on any atom is -0.390 e. The van der Waals surface area contributed by atoms with Gasteiger partial charge in [-0.3, -0.25) is 14.4 Å². The number of hydrogen-bond acceptors (Lipinski definition) is 5. The van der Waals surface area contributed by atoms with Gasteiger partial charge in [0.15, 0.2) is 5.78 Å². The van der Waals surface area contributed by atoms with Crippen molar-refractivity contribution in [1.82, 2.24) is 4.90 Å². The molecule has 6 nitrogen and oxygen atoms in total. The molecular weight excluding hydrogens is 400 g/mol. The second kappa shape index (κ2) is 8.13. The third kappa shape index (κ3) is 5.09. The molecule has 2 fully saturated rings. The molecule has 0 bridgehead atoms.